The number of phenolic OH excluding ortho intramolecular Hbond substituents is 1. The number of hydrazone groups is 1. The van der Waals surface area contributed by atoms with Crippen LogP contribution < -0.4 is 10.2 Å². The molecule has 2 N–H and O–H groups in total. The van der Waals surface area contributed by atoms with Crippen LogP contribution in [0.15, 0.2) is 33.8 Å². The number of rotatable bonds is 5. The number of phenols is 1. The standard InChI is InChI=1S/C17H15BrCl2N2O3/c1-9-3-12(18)4-10(2)17(9)25-8-15(23)22-21-7-11-5-13(19)6-14(20)16(11)24/h3-7,24H,8H2,1-2H3,(H,22,23)/b21-7-. The van der Waals surface area contributed by atoms with Gasteiger partial charge in [0.15, 0.2) is 6.61 Å². The fourth-order valence-electron chi connectivity index (χ4n) is 2.15. The lowest BCUT2D eigenvalue weighted by Crippen LogP contribution is -2.25. The molecule has 2 rings (SSSR count). The first-order chi connectivity index (χ1) is 11.8. The van der Waals surface area contributed by atoms with Gasteiger partial charge >= 0.3 is 0 Å². The largest absolute Gasteiger partial charge is 0.506 e. The molecule has 5 nitrogen and oxygen atoms in total. The topological polar surface area (TPSA) is 70.9 Å². The minimum absolute atomic E-state index is 0.102. The summed E-state index contributed by atoms with van der Waals surface area (Å²) in [5, 5.41) is 14.0. The van der Waals surface area contributed by atoms with E-state index in [-0.39, 0.29) is 17.4 Å². The molecule has 0 radical (unpaired) electrons. The maximum Gasteiger partial charge on any atom is 0.277 e. The highest BCUT2D eigenvalue weighted by Crippen LogP contribution is 2.30. The van der Waals surface area contributed by atoms with E-state index in [1.165, 1.54) is 18.3 Å². The van der Waals surface area contributed by atoms with Crippen LogP contribution in [0.5, 0.6) is 11.5 Å². The van der Waals surface area contributed by atoms with Crippen LogP contribution >= 0.6 is 39.1 Å². The van der Waals surface area contributed by atoms with Crippen LogP contribution in [0.25, 0.3) is 0 Å². The van der Waals surface area contributed by atoms with Gasteiger partial charge in [0.25, 0.3) is 5.91 Å². The predicted molar refractivity (Wildman–Crippen MR) is 103 cm³/mol. The molecule has 0 bridgehead atoms. The molecule has 1 amide bonds. The summed E-state index contributed by atoms with van der Waals surface area (Å²) < 4.78 is 6.50. The van der Waals surface area contributed by atoms with Gasteiger partial charge in [0.2, 0.25) is 0 Å². The van der Waals surface area contributed by atoms with Crippen molar-refractivity contribution in [1.82, 2.24) is 5.43 Å². The first kappa shape index (κ1) is 19.6. The molecule has 0 spiro atoms. The van der Waals surface area contributed by atoms with Crippen LogP contribution in [-0.2, 0) is 4.79 Å². The Labute approximate surface area is 163 Å². The summed E-state index contributed by atoms with van der Waals surface area (Å²) in [6.45, 7) is 3.60. The Bertz CT molecular complexity index is 818. The molecule has 0 aliphatic carbocycles. The van der Waals surface area contributed by atoms with Crippen molar-refractivity contribution in [2.75, 3.05) is 6.61 Å². The van der Waals surface area contributed by atoms with Crippen LogP contribution in [0.2, 0.25) is 10.0 Å². The highest BCUT2D eigenvalue weighted by Gasteiger charge is 2.09. The van der Waals surface area contributed by atoms with Gasteiger partial charge in [-0.1, -0.05) is 39.1 Å². The van der Waals surface area contributed by atoms with E-state index in [1.807, 2.05) is 26.0 Å². The molecule has 132 valence electrons. The summed E-state index contributed by atoms with van der Waals surface area (Å²) >= 11 is 15.1. The van der Waals surface area contributed by atoms with Crippen molar-refractivity contribution in [2.24, 2.45) is 5.10 Å². The monoisotopic (exact) mass is 444 g/mol. The minimum Gasteiger partial charge on any atom is -0.506 e. The molecular weight excluding hydrogens is 431 g/mol. The average Bonchev–Trinajstić information content (AvgIpc) is 2.50. The van der Waals surface area contributed by atoms with Gasteiger partial charge in [0, 0.05) is 15.1 Å². The van der Waals surface area contributed by atoms with Crippen molar-refractivity contribution in [3.63, 3.8) is 0 Å². The number of carbonyl (C=O) groups excluding carboxylic acids is 1. The number of amides is 1. The molecule has 0 saturated heterocycles. The molecular formula is C17H15BrCl2N2O3. The van der Waals surface area contributed by atoms with E-state index >= 15 is 0 Å². The molecule has 0 fully saturated rings. The van der Waals surface area contributed by atoms with E-state index < -0.39 is 5.91 Å². The number of hydrogen-bond donors (Lipinski definition) is 2. The fraction of sp³-hybridized carbons (Fsp3) is 0.176. The number of carbonyl (C=O) groups is 1. The fourth-order valence-corrected chi connectivity index (χ4v) is 3.35. The minimum atomic E-state index is -0.439. The van der Waals surface area contributed by atoms with E-state index in [2.05, 4.69) is 26.5 Å². The Morgan fingerprint density at radius 1 is 1.28 bits per heavy atom. The van der Waals surface area contributed by atoms with Crippen molar-refractivity contribution in [2.45, 2.75) is 13.8 Å². The number of halogens is 3. The average molecular weight is 446 g/mol. The first-order valence-corrected chi connectivity index (χ1v) is 8.72. The van der Waals surface area contributed by atoms with Crippen molar-refractivity contribution >= 4 is 51.3 Å². The van der Waals surface area contributed by atoms with Gasteiger partial charge in [-0.15, -0.1) is 0 Å². The molecule has 0 atom stereocenters. The summed E-state index contributed by atoms with van der Waals surface area (Å²) in [6, 6.07) is 6.70. The van der Waals surface area contributed by atoms with E-state index in [4.69, 9.17) is 27.9 Å². The lowest BCUT2D eigenvalue weighted by Gasteiger charge is -2.11. The number of benzene rings is 2. The molecule has 0 saturated carbocycles. The third-order valence-corrected chi connectivity index (χ3v) is 4.19. The number of aryl methyl sites for hydroxylation is 2. The zero-order valence-electron chi connectivity index (χ0n) is 13.4. The zero-order valence-corrected chi connectivity index (χ0v) is 16.5. The second kappa shape index (κ2) is 8.56. The summed E-state index contributed by atoms with van der Waals surface area (Å²) in [5.41, 5.74) is 4.44. The first-order valence-electron chi connectivity index (χ1n) is 7.17. The molecule has 0 heterocycles. The smallest absolute Gasteiger partial charge is 0.277 e. The zero-order chi connectivity index (χ0) is 18.6. The van der Waals surface area contributed by atoms with Crippen molar-refractivity contribution in [3.8, 4) is 11.5 Å². The van der Waals surface area contributed by atoms with Crippen LogP contribution in [0.3, 0.4) is 0 Å². The molecule has 0 aliphatic rings. The second-order valence-electron chi connectivity index (χ2n) is 5.28. The second-order valence-corrected chi connectivity index (χ2v) is 7.04. The summed E-state index contributed by atoms with van der Waals surface area (Å²) in [7, 11) is 0. The van der Waals surface area contributed by atoms with Gasteiger partial charge < -0.3 is 9.84 Å². The van der Waals surface area contributed by atoms with Crippen molar-refractivity contribution in [3.05, 3.63) is 55.5 Å². The molecule has 0 aliphatic heterocycles. The Hall–Kier alpha value is -1.76. The van der Waals surface area contributed by atoms with Crippen LogP contribution in [0.1, 0.15) is 16.7 Å². The Balaban J connectivity index is 1.96. The quantitative estimate of drug-likeness (QED) is 0.521. The maximum absolute atomic E-state index is 11.8. The van der Waals surface area contributed by atoms with E-state index in [0.29, 0.717) is 16.3 Å². The van der Waals surface area contributed by atoms with Gasteiger partial charge in [-0.25, -0.2) is 5.43 Å². The SMILES string of the molecule is Cc1cc(Br)cc(C)c1OCC(=O)N/N=C\c1cc(Cl)cc(Cl)c1O. The normalized spacial score (nSPS) is 10.9. The third-order valence-electron chi connectivity index (χ3n) is 3.22. The van der Waals surface area contributed by atoms with Crippen molar-refractivity contribution in [1.29, 1.82) is 0 Å². The van der Waals surface area contributed by atoms with E-state index in [0.717, 1.165) is 15.6 Å². The number of nitrogens with one attached hydrogen (secondary N) is 1. The molecule has 0 aromatic heterocycles. The Kier molecular flexibility index (Phi) is 6.70. The molecule has 2 aromatic rings. The highest BCUT2D eigenvalue weighted by molar-refractivity contribution is 9.10. The van der Waals surface area contributed by atoms with Crippen molar-refractivity contribution < 1.29 is 14.6 Å². The number of aromatic hydroxyl groups is 1. The maximum atomic E-state index is 11.8. The lowest BCUT2D eigenvalue weighted by atomic mass is 10.1. The highest BCUT2D eigenvalue weighted by atomic mass is 79.9. The van der Waals surface area contributed by atoms with Gasteiger partial charge in [0.1, 0.15) is 11.5 Å². The van der Waals surface area contributed by atoms with E-state index in [9.17, 15) is 9.90 Å². The summed E-state index contributed by atoms with van der Waals surface area (Å²) in [6.07, 6.45) is 1.25. The van der Waals surface area contributed by atoms with Gasteiger partial charge in [-0.2, -0.15) is 5.10 Å². The Morgan fingerprint density at radius 2 is 1.92 bits per heavy atom. The Morgan fingerprint density at radius 3 is 2.56 bits per heavy atom. The number of hydrogen-bond acceptors (Lipinski definition) is 4. The molecule has 2 aromatic carbocycles. The number of nitrogens with zero attached hydrogens (tertiary/aromatic N) is 1. The van der Waals surface area contributed by atoms with Crippen LogP contribution in [-0.4, -0.2) is 23.8 Å². The predicted octanol–water partition coefficient (Wildman–Crippen LogP) is 4.61. The van der Waals surface area contributed by atoms with Crippen LogP contribution in [0.4, 0.5) is 0 Å². The molecule has 0 unspecified atom stereocenters. The summed E-state index contributed by atoms with van der Waals surface area (Å²) in [4.78, 5) is 11.8. The number of ether oxygens (including phenoxy) is 1. The third kappa shape index (κ3) is 5.36. The van der Waals surface area contributed by atoms with Gasteiger partial charge in [-0.3, -0.25) is 4.79 Å². The summed E-state index contributed by atoms with van der Waals surface area (Å²) in [5.74, 6) is 0.0496. The molecule has 8 heteroatoms. The van der Waals surface area contributed by atoms with Crippen LogP contribution in [0, 0.1) is 13.8 Å². The van der Waals surface area contributed by atoms with E-state index in [1.54, 1.807) is 0 Å². The lowest BCUT2D eigenvalue weighted by molar-refractivity contribution is -0.123. The van der Waals surface area contributed by atoms with Gasteiger partial charge in [0.05, 0.1) is 11.2 Å². The molecule has 25 heavy (non-hydrogen) atoms. The van der Waals surface area contributed by atoms with Gasteiger partial charge in [-0.05, 0) is 49.2 Å².